The molecule has 5 rings (SSSR count). The van der Waals surface area contributed by atoms with Gasteiger partial charge in [0.2, 0.25) is 5.91 Å². The number of rotatable bonds is 6. The summed E-state index contributed by atoms with van der Waals surface area (Å²) in [5.41, 5.74) is 6.45. The molecule has 1 saturated heterocycles. The minimum Gasteiger partial charge on any atom is -0.365 e. The summed E-state index contributed by atoms with van der Waals surface area (Å²) in [6, 6.07) is 6.16. The first-order valence-corrected chi connectivity index (χ1v) is 11.3. The van der Waals surface area contributed by atoms with Crippen LogP contribution in [0.5, 0.6) is 0 Å². The predicted molar refractivity (Wildman–Crippen MR) is 120 cm³/mol. The fourth-order valence-corrected chi connectivity index (χ4v) is 5.65. The minimum absolute atomic E-state index is 0.312. The van der Waals surface area contributed by atoms with Crippen molar-refractivity contribution in [1.82, 2.24) is 30.4 Å². The van der Waals surface area contributed by atoms with Crippen molar-refractivity contribution in [3.8, 4) is 5.69 Å². The molecule has 0 spiro atoms. The summed E-state index contributed by atoms with van der Waals surface area (Å²) in [4.78, 5) is 52.5. The number of hydrogen-bond acceptors (Lipinski definition) is 8. The molecular weight excluding hydrogens is 460 g/mol. The van der Waals surface area contributed by atoms with E-state index in [1.54, 1.807) is 31.2 Å². The first-order valence-electron chi connectivity index (χ1n) is 10.5. The molecule has 1 aliphatic heterocycles. The highest BCUT2D eigenvalue weighted by Crippen LogP contribution is 2.39. The largest absolute Gasteiger partial charge is 0.365 e. The van der Waals surface area contributed by atoms with Gasteiger partial charge in [-0.15, -0.1) is 16.4 Å². The zero-order valence-corrected chi connectivity index (χ0v) is 18.9. The van der Waals surface area contributed by atoms with Gasteiger partial charge in [-0.1, -0.05) is 12.1 Å². The second kappa shape index (κ2) is 8.02. The van der Waals surface area contributed by atoms with E-state index in [1.807, 2.05) is 0 Å². The van der Waals surface area contributed by atoms with Crippen LogP contribution in [-0.4, -0.2) is 55.4 Å². The molecule has 12 nitrogen and oxygen atoms in total. The van der Waals surface area contributed by atoms with Crippen LogP contribution in [0.15, 0.2) is 30.6 Å². The Morgan fingerprint density at radius 2 is 2.12 bits per heavy atom. The second-order valence-corrected chi connectivity index (χ2v) is 9.33. The molecule has 1 unspecified atom stereocenters. The van der Waals surface area contributed by atoms with E-state index in [2.05, 4.69) is 26.2 Å². The van der Waals surface area contributed by atoms with Gasteiger partial charge in [0.25, 0.3) is 11.8 Å². The van der Waals surface area contributed by atoms with Crippen molar-refractivity contribution in [3.05, 3.63) is 52.2 Å². The molecule has 1 aliphatic carbocycles. The lowest BCUT2D eigenvalue weighted by Gasteiger charge is -2.22. The average molecular weight is 481 g/mol. The van der Waals surface area contributed by atoms with Crippen LogP contribution in [0.3, 0.4) is 0 Å². The van der Waals surface area contributed by atoms with Crippen molar-refractivity contribution in [2.24, 2.45) is 5.73 Å². The quantitative estimate of drug-likeness (QED) is 0.437. The summed E-state index contributed by atoms with van der Waals surface area (Å²) < 4.78 is 1.42. The minimum atomic E-state index is -1.39. The van der Waals surface area contributed by atoms with Gasteiger partial charge in [-0.05, 0) is 59.9 Å². The number of nitrogens with zero attached hydrogens (tertiary/aromatic N) is 5. The number of aryl methyl sites for hydroxylation is 1. The number of nitrogens with one attached hydrogen (secondary N) is 2. The third-order valence-corrected chi connectivity index (χ3v) is 7.24. The van der Waals surface area contributed by atoms with Crippen molar-refractivity contribution in [3.63, 3.8) is 0 Å². The highest BCUT2D eigenvalue weighted by Gasteiger charge is 2.49. The number of benzene rings is 1. The van der Waals surface area contributed by atoms with E-state index in [0.717, 1.165) is 34.6 Å². The molecule has 0 radical (unpaired) electrons. The molecule has 34 heavy (non-hydrogen) atoms. The number of aromatic nitrogens is 4. The number of primary amides is 1. The molecule has 1 aromatic carbocycles. The Hall–Kier alpha value is -4.13. The third kappa shape index (κ3) is 3.50. The maximum atomic E-state index is 13.3. The number of hydrogen-bond donors (Lipinski definition) is 3. The number of tetrazole rings is 1. The Morgan fingerprint density at radius 3 is 2.85 bits per heavy atom. The molecule has 5 amide bonds. The summed E-state index contributed by atoms with van der Waals surface area (Å²) in [6.45, 7) is 1.06. The van der Waals surface area contributed by atoms with Crippen LogP contribution in [-0.2, 0) is 28.0 Å². The average Bonchev–Trinajstić information content (AvgIpc) is 3.57. The van der Waals surface area contributed by atoms with Crippen LogP contribution in [0.4, 0.5) is 9.80 Å². The molecule has 13 heteroatoms. The van der Waals surface area contributed by atoms with E-state index in [0.29, 0.717) is 21.8 Å². The van der Waals surface area contributed by atoms with Crippen LogP contribution >= 0.6 is 11.3 Å². The topological polar surface area (TPSA) is 165 Å². The van der Waals surface area contributed by atoms with Crippen LogP contribution in [0, 0.1) is 0 Å². The normalized spacial score (nSPS) is 19.3. The van der Waals surface area contributed by atoms with E-state index < -0.39 is 35.8 Å². The van der Waals surface area contributed by atoms with Gasteiger partial charge in [0.1, 0.15) is 23.4 Å². The fraction of sp³-hybridized carbons (Fsp3) is 0.286. The molecule has 0 saturated carbocycles. The van der Waals surface area contributed by atoms with Crippen molar-refractivity contribution >= 4 is 40.1 Å². The molecule has 2 aromatic heterocycles. The van der Waals surface area contributed by atoms with Gasteiger partial charge < -0.3 is 16.4 Å². The summed E-state index contributed by atoms with van der Waals surface area (Å²) in [6.07, 6.45) is 3.90. The molecule has 4 N–H and O–H groups in total. The number of urea groups is 1. The van der Waals surface area contributed by atoms with Gasteiger partial charge in [-0.25, -0.2) is 9.48 Å². The second-order valence-electron chi connectivity index (χ2n) is 8.23. The van der Waals surface area contributed by atoms with E-state index >= 15 is 0 Å². The molecule has 3 aromatic rings. The zero-order valence-electron chi connectivity index (χ0n) is 18.1. The Bertz CT molecular complexity index is 1330. The molecule has 0 bridgehead atoms. The number of imide groups is 1. The highest BCUT2D eigenvalue weighted by molar-refractivity contribution is 7.17. The third-order valence-electron chi connectivity index (χ3n) is 6.03. The first-order chi connectivity index (χ1) is 16.3. The van der Waals surface area contributed by atoms with Gasteiger partial charge in [0, 0.05) is 4.88 Å². The van der Waals surface area contributed by atoms with Gasteiger partial charge in [-0.2, -0.15) is 0 Å². The Kier molecular flexibility index (Phi) is 5.12. The van der Waals surface area contributed by atoms with E-state index in [9.17, 15) is 19.2 Å². The van der Waals surface area contributed by atoms with Crippen molar-refractivity contribution in [1.29, 1.82) is 0 Å². The number of amides is 5. The lowest BCUT2D eigenvalue weighted by atomic mass is 9.91. The number of anilines is 1. The predicted octanol–water partition coefficient (Wildman–Crippen LogP) is 0.717. The van der Waals surface area contributed by atoms with Crippen molar-refractivity contribution < 1.29 is 19.2 Å². The summed E-state index contributed by atoms with van der Waals surface area (Å²) in [5.74, 6) is -1.79. The molecule has 1 fully saturated rings. The van der Waals surface area contributed by atoms with Crippen molar-refractivity contribution in [2.45, 2.75) is 31.7 Å². The van der Waals surface area contributed by atoms with Gasteiger partial charge in [0.05, 0.1) is 11.3 Å². The maximum Gasteiger partial charge on any atom is 0.325 e. The molecule has 174 valence electrons. The first kappa shape index (κ1) is 21.7. The monoisotopic (exact) mass is 480 g/mol. The van der Waals surface area contributed by atoms with Gasteiger partial charge >= 0.3 is 6.03 Å². The van der Waals surface area contributed by atoms with Crippen LogP contribution in [0.2, 0.25) is 0 Å². The standard InChI is InChI=1S/C21H20N8O4S/c1-21(11-4-2-5-12(8-11)29-10-23-26-27-29)19(32)28(20(33)25-21)9-15(30)24-18-16(17(22)31)13-6-3-7-14(13)34-18/h2,4-5,8,10H,3,6-7,9H2,1H3,(H2,22,31)(H,24,30)(H,25,33). The summed E-state index contributed by atoms with van der Waals surface area (Å²) in [7, 11) is 0. The van der Waals surface area contributed by atoms with E-state index in [4.69, 9.17) is 5.73 Å². The van der Waals surface area contributed by atoms with Gasteiger partial charge in [-0.3, -0.25) is 19.3 Å². The number of fused-ring (bicyclic) bond motifs is 1. The van der Waals surface area contributed by atoms with E-state index in [-0.39, 0.29) is 0 Å². The summed E-state index contributed by atoms with van der Waals surface area (Å²) >= 11 is 1.31. The van der Waals surface area contributed by atoms with Crippen LogP contribution < -0.4 is 16.4 Å². The van der Waals surface area contributed by atoms with Gasteiger partial charge in [0.15, 0.2) is 0 Å². The molecule has 1 atom stereocenters. The number of thiophene rings is 1. The smallest absolute Gasteiger partial charge is 0.325 e. The zero-order chi connectivity index (χ0) is 24.0. The lowest BCUT2D eigenvalue weighted by molar-refractivity contribution is -0.133. The van der Waals surface area contributed by atoms with Crippen molar-refractivity contribution in [2.75, 3.05) is 11.9 Å². The summed E-state index contributed by atoms with van der Waals surface area (Å²) in [5, 5.41) is 16.7. The van der Waals surface area contributed by atoms with Crippen LogP contribution in [0.1, 0.15) is 39.7 Å². The Labute approximate surface area is 197 Å². The Morgan fingerprint density at radius 1 is 1.29 bits per heavy atom. The van der Waals surface area contributed by atoms with Crippen LogP contribution in [0.25, 0.3) is 5.69 Å². The number of carbonyl (C=O) groups is 4. The molecule has 3 heterocycles. The lowest BCUT2D eigenvalue weighted by Crippen LogP contribution is -2.42. The number of nitrogens with two attached hydrogens (primary N) is 1. The Balaban J connectivity index is 1.35. The highest BCUT2D eigenvalue weighted by atomic mass is 32.1. The fourth-order valence-electron chi connectivity index (χ4n) is 4.34. The maximum absolute atomic E-state index is 13.3. The number of carbonyl (C=O) groups excluding carboxylic acids is 4. The SMILES string of the molecule is CC1(c2cccc(-n3cnnn3)c2)NC(=O)N(CC(=O)Nc2sc3c(c2C(N)=O)CCC3)C1=O. The van der Waals surface area contributed by atoms with E-state index in [1.165, 1.54) is 22.3 Å². The molecular formula is C21H20N8O4S. The molecule has 2 aliphatic rings.